The molecule has 0 aliphatic carbocycles. The third-order valence-electron chi connectivity index (χ3n) is 4.44. The maximum absolute atomic E-state index is 12.1. The average Bonchev–Trinajstić information content (AvgIpc) is 3.08. The highest BCUT2D eigenvalue weighted by Crippen LogP contribution is 2.30. The maximum atomic E-state index is 12.1. The molecule has 134 valence electrons. The summed E-state index contributed by atoms with van der Waals surface area (Å²) in [6, 6.07) is 7.73. The number of fused-ring (bicyclic) bond motifs is 4. The van der Waals surface area contributed by atoms with Crippen LogP contribution in [0.5, 0.6) is 11.5 Å². The lowest BCUT2D eigenvalue weighted by Gasteiger charge is -2.17. The van der Waals surface area contributed by atoms with Crippen LogP contribution in [0.25, 0.3) is 22.2 Å². The lowest BCUT2D eigenvalue weighted by atomic mass is 10.1. The van der Waals surface area contributed by atoms with E-state index in [1.165, 1.54) is 0 Å². The van der Waals surface area contributed by atoms with E-state index in [1.807, 2.05) is 24.3 Å². The molecule has 0 radical (unpaired) electrons. The van der Waals surface area contributed by atoms with E-state index in [4.69, 9.17) is 9.47 Å². The summed E-state index contributed by atoms with van der Waals surface area (Å²) in [6.07, 6.45) is 4.48. The quantitative estimate of drug-likeness (QED) is 0.673. The first kappa shape index (κ1) is 16.4. The average molecular weight is 352 g/mol. The van der Waals surface area contributed by atoms with Crippen LogP contribution in [-0.2, 0) is 4.79 Å². The molecular formula is C19H20N4O3. The van der Waals surface area contributed by atoms with Crippen LogP contribution in [0.15, 0.2) is 36.7 Å². The second-order valence-electron chi connectivity index (χ2n) is 6.30. The van der Waals surface area contributed by atoms with Crippen LogP contribution in [-0.4, -0.2) is 52.8 Å². The van der Waals surface area contributed by atoms with Crippen LogP contribution >= 0.6 is 0 Å². The van der Waals surface area contributed by atoms with Gasteiger partial charge in [0.25, 0.3) is 0 Å². The van der Waals surface area contributed by atoms with Crippen molar-refractivity contribution in [3.8, 4) is 22.8 Å². The summed E-state index contributed by atoms with van der Waals surface area (Å²) in [4.78, 5) is 18.1. The van der Waals surface area contributed by atoms with Gasteiger partial charge in [-0.05, 0) is 30.7 Å². The number of amides is 1. The summed E-state index contributed by atoms with van der Waals surface area (Å²) in [7, 11) is 1.80. The Bertz CT molecular complexity index is 937. The highest BCUT2D eigenvalue weighted by Gasteiger charge is 2.13. The molecule has 0 spiro atoms. The zero-order chi connectivity index (χ0) is 17.9. The largest absolute Gasteiger partial charge is 0.494 e. The molecule has 7 nitrogen and oxygen atoms in total. The van der Waals surface area contributed by atoms with E-state index in [1.54, 1.807) is 24.3 Å². The van der Waals surface area contributed by atoms with Gasteiger partial charge in [-0.1, -0.05) is 0 Å². The predicted molar refractivity (Wildman–Crippen MR) is 97.2 cm³/mol. The van der Waals surface area contributed by atoms with Gasteiger partial charge in [0.15, 0.2) is 0 Å². The van der Waals surface area contributed by atoms with E-state index in [9.17, 15) is 4.79 Å². The van der Waals surface area contributed by atoms with Crippen LogP contribution in [0.4, 0.5) is 0 Å². The molecule has 2 aromatic heterocycles. The highest BCUT2D eigenvalue weighted by atomic mass is 16.5. The van der Waals surface area contributed by atoms with E-state index < -0.39 is 0 Å². The maximum Gasteiger partial charge on any atom is 0.225 e. The number of nitrogens with one attached hydrogen (secondary N) is 1. The number of pyridine rings is 1. The molecule has 4 rings (SSSR count). The number of H-pyrrole nitrogens is 1. The molecule has 3 heterocycles. The zero-order valence-electron chi connectivity index (χ0n) is 14.6. The number of carbonyl (C=O) groups excluding carboxylic acids is 1. The van der Waals surface area contributed by atoms with Crippen molar-refractivity contribution in [1.82, 2.24) is 20.1 Å². The molecule has 0 fully saturated rings. The van der Waals surface area contributed by atoms with Crippen LogP contribution in [0, 0.1) is 0 Å². The van der Waals surface area contributed by atoms with Gasteiger partial charge in [0.1, 0.15) is 17.2 Å². The minimum Gasteiger partial charge on any atom is -0.494 e. The molecule has 0 saturated heterocycles. The molecule has 1 aliphatic rings. The van der Waals surface area contributed by atoms with Crippen molar-refractivity contribution in [2.24, 2.45) is 0 Å². The Kier molecular flexibility index (Phi) is 4.43. The van der Waals surface area contributed by atoms with Crippen molar-refractivity contribution in [1.29, 1.82) is 0 Å². The lowest BCUT2D eigenvalue weighted by molar-refractivity contribution is -0.130. The summed E-state index contributed by atoms with van der Waals surface area (Å²) >= 11 is 0. The normalized spacial score (nSPS) is 15.7. The van der Waals surface area contributed by atoms with Gasteiger partial charge in [-0.25, -0.2) is 0 Å². The Balaban J connectivity index is 1.72. The summed E-state index contributed by atoms with van der Waals surface area (Å²) in [6.45, 7) is 1.51. The van der Waals surface area contributed by atoms with E-state index in [0.29, 0.717) is 31.9 Å². The summed E-state index contributed by atoms with van der Waals surface area (Å²) in [5.74, 6) is 1.45. The number of ether oxygens (including phenoxy) is 2. The molecule has 0 saturated carbocycles. The van der Waals surface area contributed by atoms with Gasteiger partial charge in [0.05, 0.1) is 31.3 Å². The second kappa shape index (κ2) is 7.03. The number of benzene rings is 1. The molecule has 0 unspecified atom stereocenters. The van der Waals surface area contributed by atoms with Crippen LogP contribution in [0.3, 0.4) is 0 Å². The molecule has 26 heavy (non-hydrogen) atoms. The number of aromatic amines is 1. The molecule has 0 atom stereocenters. The topological polar surface area (TPSA) is 80.3 Å². The highest BCUT2D eigenvalue weighted by molar-refractivity contribution is 5.93. The molecule has 1 N–H and O–H groups in total. The summed E-state index contributed by atoms with van der Waals surface area (Å²) in [5.41, 5.74) is 2.58. The van der Waals surface area contributed by atoms with Gasteiger partial charge >= 0.3 is 0 Å². The van der Waals surface area contributed by atoms with Crippen LogP contribution < -0.4 is 9.47 Å². The Labute approximate surface area is 150 Å². The predicted octanol–water partition coefficient (Wildman–Crippen LogP) is 2.63. The third kappa shape index (κ3) is 3.33. The second-order valence-corrected chi connectivity index (χ2v) is 6.30. The molecule has 3 aromatic rings. The SMILES string of the molecule is CN1CCCOc2ccc3[nH]nc(c3c2)-c2cncc(c2)OCCC1=O. The number of aromatic nitrogens is 3. The van der Waals surface area contributed by atoms with Crippen molar-refractivity contribution in [2.45, 2.75) is 12.8 Å². The smallest absolute Gasteiger partial charge is 0.225 e. The first-order chi connectivity index (χ1) is 12.7. The summed E-state index contributed by atoms with van der Waals surface area (Å²) < 4.78 is 11.6. The Morgan fingerprint density at radius 2 is 2.00 bits per heavy atom. The minimum absolute atomic E-state index is 0.0530. The Morgan fingerprint density at radius 3 is 2.92 bits per heavy atom. The van der Waals surface area contributed by atoms with E-state index in [-0.39, 0.29) is 5.91 Å². The Morgan fingerprint density at radius 1 is 1.12 bits per heavy atom. The molecule has 1 amide bonds. The Hall–Kier alpha value is -3.09. The van der Waals surface area contributed by atoms with Gasteiger partial charge < -0.3 is 14.4 Å². The number of hydrogen-bond donors (Lipinski definition) is 1. The fourth-order valence-corrected chi connectivity index (χ4v) is 2.99. The third-order valence-corrected chi connectivity index (χ3v) is 4.44. The van der Waals surface area contributed by atoms with Crippen molar-refractivity contribution in [3.05, 3.63) is 36.7 Å². The fraction of sp³-hybridized carbons (Fsp3) is 0.316. The number of rotatable bonds is 0. The van der Waals surface area contributed by atoms with Gasteiger partial charge in [0.2, 0.25) is 5.91 Å². The number of nitrogens with zero attached hydrogens (tertiary/aromatic N) is 3. The van der Waals surface area contributed by atoms with Gasteiger partial charge in [-0.2, -0.15) is 5.10 Å². The number of carbonyl (C=O) groups is 1. The van der Waals surface area contributed by atoms with Crippen molar-refractivity contribution >= 4 is 16.8 Å². The molecule has 4 bridgehead atoms. The minimum atomic E-state index is 0.0530. The van der Waals surface area contributed by atoms with Crippen molar-refractivity contribution in [2.75, 3.05) is 26.8 Å². The van der Waals surface area contributed by atoms with Crippen molar-refractivity contribution in [3.63, 3.8) is 0 Å². The van der Waals surface area contributed by atoms with Gasteiger partial charge in [-0.15, -0.1) is 0 Å². The molecule has 1 aliphatic heterocycles. The molecule has 7 heteroatoms. The summed E-state index contributed by atoms with van der Waals surface area (Å²) in [5, 5.41) is 8.43. The standard InChI is InChI=1S/C19H20N4O3/c1-23-6-2-7-25-14-3-4-17-16(10-14)19(22-21-17)13-9-15(12-20-11-13)26-8-5-18(23)24/h3-4,9-12H,2,5-8H2,1H3,(H,21,22). The van der Waals surface area contributed by atoms with E-state index in [0.717, 1.165) is 34.3 Å². The van der Waals surface area contributed by atoms with Crippen LogP contribution in [0.1, 0.15) is 12.8 Å². The first-order valence-corrected chi connectivity index (χ1v) is 8.64. The first-order valence-electron chi connectivity index (χ1n) is 8.64. The van der Waals surface area contributed by atoms with Crippen molar-refractivity contribution < 1.29 is 14.3 Å². The monoisotopic (exact) mass is 352 g/mol. The molecule has 1 aromatic carbocycles. The fourth-order valence-electron chi connectivity index (χ4n) is 2.99. The van der Waals surface area contributed by atoms with Gasteiger partial charge in [-0.3, -0.25) is 14.9 Å². The van der Waals surface area contributed by atoms with Crippen LogP contribution in [0.2, 0.25) is 0 Å². The van der Waals surface area contributed by atoms with Gasteiger partial charge in [0, 0.05) is 30.7 Å². The number of hydrogen-bond acceptors (Lipinski definition) is 5. The van der Waals surface area contributed by atoms with E-state index in [2.05, 4.69) is 15.2 Å². The molecular weight excluding hydrogens is 332 g/mol. The lowest BCUT2D eigenvalue weighted by Crippen LogP contribution is -2.29. The van der Waals surface area contributed by atoms with E-state index >= 15 is 0 Å². The zero-order valence-corrected chi connectivity index (χ0v) is 14.6.